The highest BCUT2D eigenvalue weighted by Crippen LogP contribution is 2.22. The highest BCUT2D eigenvalue weighted by atomic mass is 35.5. The lowest BCUT2D eigenvalue weighted by Gasteiger charge is -2.14. The average molecular weight is 420 g/mol. The van der Waals surface area contributed by atoms with E-state index in [-0.39, 0.29) is 25.1 Å². The fraction of sp³-hybridized carbons (Fsp3) is 0.455. The number of aromatic nitrogens is 1. The summed E-state index contributed by atoms with van der Waals surface area (Å²) in [6.45, 7) is 6.66. The zero-order valence-electron chi connectivity index (χ0n) is 17.0. The molecule has 0 bridgehead atoms. The molecule has 0 saturated carbocycles. The molecule has 29 heavy (non-hydrogen) atoms. The molecular weight excluding hydrogens is 394 g/mol. The zero-order chi connectivity index (χ0) is 21.0. The second kappa shape index (κ2) is 9.46. The number of rotatable bonds is 8. The van der Waals surface area contributed by atoms with Crippen LogP contribution < -0.4 is 4.74 Å². The molecule has 6 nitrogen and oxygen atoms in total. The molecule has 1 unspecified atom stereocenters. The van der Waals surface area contributed by atoms with Gasteiger partial charge in [0.05, 0.1) is 6.10 Å². The molecule has 1 atom stereocenters. The van der Waals surface area contributed by atoms with E-state index >= 15 is 0 Å². The first kappa shape index (κ1) is 21.4. The maximum absolute atomic E-state index is 12.6. The summed E-state index contributed by atoms with van der Waals surface area (Å²) < 4.78 is 18.3. The highest BCUT2D eigenvalue weighted by molar-refractivity contribution is 6.31. The van der Waals surface area contributed by atoms with Gasteiger partial charge >= 0.3 is 5.97 Å². The van der Waals surface area contributed by atoms with Gasteiger partial charge in [-0.15, -0.1) is 0 Å². The van der Waals surface area contributed by atoms with Gasteiger partial charge in [-0.25, -0.2) is 4.79 Å². The number of ketones is 1. The van der Waals surface area contributed by atoms with Crippen molar-refractivity contribution in [1.82, 2.24) is 4.57 Å². The third-order valence-electron chi connectivity index (χ3n) is 5.13. The summed E-state index contributed by atoms with van der Waals surface area (Å²) in [7, 11) is 0. The number of carbonyl (C=O) groups is 2. The van der Waals surface area contributed by atoms with Crippen LogP contribution in [0.3, 0.4) is 0 Å². The minimum atomic E-state index is -0.598. The standard InChI is InChI=1S/C22H26ClNO5/c1-14-9-17(6-7-20(14)23)28-13-22(26)29-12-21(25)19-10-15(2)24(16(19)3)11-18-5-4-8-27-18/h6-7,9-10,18H,4-5,8,11-13H2,1-3H3. The molecule has 3 rings (SSSR count). The summed E-state index contributed by atoms with van der Waals surface area (Å²) in [5, 5.41) is 0.627. The summed E-state index contributed by atoms with van der Waals surface area (Å²) >= 11 is 5.97. The van der Waals surface area contributed by atoms with Gasteiger partial charge in [-0.05, 0) is 63.4 Å². The topological polar surface area (TPSA) is 66.8 Å². The van der Waals surface area contributed by atoms with Crippen molar-refractivity contribution in [3.8, 4) is 5.75 Å². The Labute approximate surface area is 175 Å². The molecule has 1 saturated heterocycles. The monoisotopic (exact) mass is 419 g/mol. The third-order valence-corrected chi connectivity index (χ3v) is 5.56. The van der Waals surface area contributed by atoms with Crippen molar-refractivity contribution in [3.63, 3.8) is 0 Å². The quantitative estimate of drug-likeness (QED) is 0.477. The minimum absolute atomic E-state index is 0.189. The normalized spacial score (nSPS) is 16.1. The van der Waals surface area contributed by atoms with Crippen molar-refractivity contribution in [2.45, 2.75) is 46.3 Å². The van der Waals surface area contributed by atoms with E-state index in [1.54, 1.807) is 18.2 Å². The first-order valence-corrected chi connectivity index (χ1v) is 10.1. The van der Waals surface area contributed by atoms with Gasteiger partial charge in [0.2, 0.25) is 5.78 Å². The van der Waals surface area contributed by atoms with Crippen LogP contribution in [-0.2, 0) is 20.8 Å². The van der Waals surface area contributed by atoms with Crippen molar-refractivity contribution >= 4 is 23.4 Å². The first-order chi connectivity index (χ1) is 13.8. The van der Waals surface area contributed by atoms with Crippen LogP contribution in [-0.4, -0.2) is 42.2 Å². The molecule has 0 radical (unpaired) electrons. The molecule has 0 spiro atoms. The molecule has 2 heterocycles. The zero-order valence-corrected chi connectivity index (χ0v) is 17.8. The Hall–Kier alpha value is -2.31. The van der Waals surface area contributed by atoms with Crippen LogP contribution in [0.2, 0.25) is 5.02 Å². The van der Waals surface area contributed by atoms with E-state index in [0.717, 1.165) is 42.9 Å². The number of aryl methyl sites for hydroxylation is 2. The van der Waals surface area contributed by atoms with Crippen LogP contribution in [0.1, 0.15) is 40.2 Å². The Morgan fingerprint density at radius 3 is 2.69 bits per heavy atom. The lowest BCUT2D eigenvalue weighted by atomic mass is 10.1. The van der Waals surface area contributed by atoms with E-state index in [0.29, 0.717) is 16.3 Å². The summed E-state index contributed by atoms with van der Waals surface area (Å²) in [4.78, 5) is 24.5. The Morgan fingerprint density at radius 2 is 2.00 bits per heavy atom. The first-order valence-electron chi connectivity index (χ1n) is 9.71. The fourth-order valence-corrected chi connectivity index (χ4v) is 3.59. The average Bonchev–Trinajstić information content (AvgIpc) is 3.31. The lowest BCUT2D eigenvalue weighted by molar-refractivity contribution is -0.144. The molecule has 1 aliphatic rings. The van der Waals surface area contributed by atoms with Gasteiger partial charge in [0.15, 0.2) is 13.2 Å². The fourth-order valence-electron chi connectivity index (χ4n) is 3.47. The largest absolute Gasteiger partial charge is 0.482 e. The minimum Gasteiger partial charge on any atom is -0.482 e. The van der Waals surface area contributed by atoms with Gasteiger partial charge in [0.1, 0.15) is 5.75 Å². The van der Waals surface area contributed by atoms with Gasteiger partial charge in [0.25, 0.3) is 0 Å². The third kappa shape index (κ3) is 5.40. The van der Waals surface area contributed by atoms with E-state index in [1.165, 1.54) is 0 Å². The van der Waals surface area contributed by atoms with Gasteiger partial charge < -0.3 is 18.8 Å². The number of hydrogen-bond acceptors (Lipinski definition) is 5. The molecule has 0 amide bonds. The summed E-state index contributed by atoms with van der Waals surface area (Å²) in [6.07, 6.45) is 2.29. The number of ether oxygens (including phenoxy) is 3. The predicted octanol–water partition coefficient (Wildman–Crippen LogP) is 4.05. The second-order valence-corrected chi connectivity index (χ2v) is 7.72. The van der Waals surface area contributed by atoms with E-state index in [1.807, 2.05) is 26.8 Å². The molecule has 0 N–H and O–H groups in total. The number of esters is 1. The number of hydrogen-bond donors (Lipinski definition) is 0. The van der Waals surface area contributed by atoms with Crippen LogP contribution in [0.4, 0.5) is 0 Å². The lowest BCUT2D eigenvalue weighted by Crippen LogP contribution is -2.20. The molecule has 1 aliphatic heterocycles. The maximum Gasteiger partial charge on any atom is 0.344 e. The molecule has 2 aromatic rings. The smallest absolute Gasteiger partial charge is 0.344 e. The van der Waals surface area contributed by atoms with Gasteiger partial charge in [0, 0.05) is 35.1 Å². The predicted molar refractivity (Wildman–Crippen MR) is 110 cm³/mol. The Bertz CT molecular complexity index is 899. The molecule has 7 heteroatoms. The maximum atomic E-state index is 12.6. The van der Waals surface area contributed by atoms with E-state index in [2.05, 4.69) is 4.57 Å². The van der Waals surface area contributed by atoms with Gasteiger partial charge in [-0.2, -0.15) is 0 Å². The molecule has 156 valence electrons. The molecule has 0 aliphatic carbocycles. The van der Waals surface area contributed by atoms with E-state index < -0.39 is 5.97 Å². The van der Waals surface area contributed by atoms with Crippen molar-refractivity contribution in [2.75, 3.05) is 19.8 Å². The number of halogens is 1. The van der Waals surface area contributed by atoms with Crippen LogP contribution in [0, 0.1) is 20.8 Å². The Balaban J connectivity index is 1.52. The molecule has 1 fully saturated rings. The van der Waals surface area contributed by atoms with Crippen molar-refractivity contribution in [1.29, 1.82) is 0 Å². The highest BCUT2D eigenvalue weighted by Gasteiger charge is 2.21. The number of carbonyl (C=O) groups excluding carboxylic acids is 2. The van der Waals surface area contributed by atoms with Crippen LogP contribution in [0.25, 0.3) is 0 Å². The van der Waals surface area contributed by atoms with E-state index in [4.69, 9.17) is 25.8 Å². The van der Waals surface area contributed by atoms with Gasteiger partial charge in [-0.3, -0.25) is 4.79 Å². The number of nitrogens with zero attached hydrogens (tertiary/aromatic N) is 1. The summed E-state index contributed by atoms with van der Waals surface area (Å²) in [5.41, 5.74) is 3.29. The van der Waals surface area contributed by atoms with Crippen molar-refractivity contribution < 1.29 is 23.8 Å². The SMILES string of the molecule is Cc1cc(OCC(=O)OCC(=O)c2cc(C)n(CC3CCCO3)c2C)ccc1Cl. The number of Topliss-reactive ketones (excluding diaryl/α,β-unsaturated/α-hetero) is 1. The van der Waals surface area contributed by atoms with Gasteiger partial charge in [-0.1, -0.05) is 11.6 Å². The van der Waals surface area contributed by atoms with E-state index in [9.17, 15) is 9.59 Å². The Kier molecular flexibility index (Phi) is 6.98. The van der Waals surface area contributed by atoms with Crippen molar-refractivity contribution in [2.24, 2.45) is 0 Å². The van der Waals surface area contributed by atoms with Crippen LogP contribution in [0.5, 0.6) is 5.75 Å². The van der Waals surface area contributed by atoms with Crippen LogP contribution in [0.15, 0.2) is 24.3 Å². The molecule has 1 aromatic carbocycles. The summed E-state index contributed by atoms with van der Waals surface area (Å²) in [5.74, 6) is -0.306. The number of benzene rings is 1. The second-order valence-electron chi connectivity index (χ2n) is 7.31. The van der Waals surface area contributed by atoms with Crippen molar-refractivity contribution in [3.05, 3.63) is 51.8 Å². The summed E-state index contributed by atoms with van der Waals surface area (Å²) in [6, 6.07) is 6.96. The Morgan fingerprint density at radius 1 is 1.21 bits per heavy atom. The van der Waals surface area contributed by atoms with Crippen LogP contribution >= 0.6 is 11.6 Å². The molecular formula is C22H26ClNO5. The molecule has 1 aromatic heterocycles.